The van der Waals surface area contributed by atoms with Crippen molar-refractivity contribution in [1.82, 2.24) is 4.57 Å². The van der Waals surface area contributed by atoms with Crippen molar-refractivity contribution in [1.29, 1.82) is 0 Å². The molecule has 4 aromatic carbocycles. The van der Waals surface area contributed by atoms with Gasteiger partial charge in [0.15, 0.2) is 16.3 Å². The van der Waals surface area contributed by atoms with E-state index in [1.807, 2.05) is 79.7 Å². The molecule has 0 radical (unpaired) electrons. The predicted molar refractivity (Wildman–Crippen MR) is 190 cm³/mol. The number of carbonyl (C=O) groups is 1. The molecule has 9 nitrogen and oxygen atoms in total. The van der Waals surface area contributed by atoms with Crippen molar-refractivity contribution in [2.75, 3.05) is 34.0 Å². The third-order valence-corrected chi connectivity index (χ3v) is 9.32. The molecule has 0 spiro atoms. The molecule has 1 aliphatic rings. The van der Waals surface area contributed by atoms with Crippen LogP contribution in [0.2, 0.25) is 5.02 Å². The number of carbonyl (C=O) groups excluding carboxylic acids is 1. The van der Waals surface area contributed by atoms with E-state index in [0.29, 0.717) is 56.1 Å². The first-order valence-electron chi connectivity index (χ1n) is 15.7. The van der Waals surface area contributed by atoms with Gasteiger partial charge in [0.1, 0.15) is 25.0 Å². The van der Waals surface area contributed by atoms with Crippen molar-refractivity contribution in [3.05, 3.63) is 132 Å². The maximum Gasteiger partial charge on any atom is 0.338 e. The second kappa shape index (κ2) is 15.1. The molecule has 0 amide bonds. The molecule has 0 saturated carbocycles. The highest BCUT2D eigenvalue weighted by Crippen LogP contribution is 2.41. The van der Waals surface area contributed by atoms with Crippen LogP contribution in [-0.4, -0.2) is 44.6 Å². The number of nitrogens with zero attached hydrogens (tertiary/aromatic N) is 2. The van der Waals surface area contributed by atoms with Crippen molar-refractivity contribution >= 4 is 45.8 Å². The topological polar surface area (TPSA) is 97.6 Å². The van der Waals surface area contributed by atoms with Gasteiger partial charge in [0.25, 0.3) is 5.56 Å². The SMILES string of the molecule is CCOc1c(OC)cccc1[C@H]1C(C(=O)OCCOC)=C(C)N=c2s/c(=C/c3c(OCc4ccc(Cl)cc4)ccc4ccccc34)c(=O)n21. The molecule has 0 fully saturated rings. The molecule has 0 bridgehead atoms. The largest absolute Gasteiger partial charge is 0.493 e. The van der Waals surface area contributed by atoms with E-state index in [0.717, 1.165) is 21.9 Å². The summed E-state index contributed by atoms with van der Waals surface area (Å²) in [5.41, 5.74) is 2.60. The number of thiazole rings is 1. The fourth-order valence-corrected chi connectivity index (χ4v) is 6.96. The van der Waals surface area contributed by atoms with Crippen LogP contribution in [0.4, 0.5) is 0 Å². The van der Waals surface area contributed by atoms with E-state index >= 15 is 0 Å². The molecule has 0 aliphatic carbocycles. The van der Waals surface area contributed by atoms with Crippen LogP contribution in [0.5, 0.6) is 17.2 Å². The Hall–Kier alpha value is -4.90. The first-order chi connectivity index (χ1) is 23.8. The second-order valence-electron chi connectivity index (χ2n) is 11.1. The minimum Gasteiger partial charge on any atom is -0.493 e. The number of para-hydroxylation sites is 1. The summed E-state index contributed by atoms with van der Waals surface area (Å²) in [6.07, 6.45) is 1.84. The smallest absolute Gasteiger partial charge is 0.338 e. The number of hydrogen-bond donors (Lipinski definition) is 0. The van der Waals surface area contributed by atoms with Gasteiger partial charge in [-0.15, -0.1) is 0 Å². The van der Waals surface area contributed by atoms with Crippen molar-refractivity contribution in [3.8, 4) is 17.2 Å². The Morgan fingerprint density at radius 1 is 0.959 bits per heavy atom. The Bertz CT molecular complexity index is 2220. The number of allylic oxidation sites excluding steroid dienone is 1. The number of aromatic nitrogens is 1. The summed E-state index contributed by atoms with van der Waals surface area (Å²) in [6.45, 7) is 4.51. The van der Waals surface area contributed by atoms with Crippen molar-refractivity contribution in [3.63, 3.8) is 0 Å². The molecule has 252 valence electrons. The van der Waals surface area contributed by atoms with Gasteiger partial charge in [-0.1, -0.05) is 77.5 Å². The van der Waals surface area contributed by atoms with E-state index in [9.17, 15) is 9.59 Å². The molecule has 2 heterocycles. The van der Waals surface area contributed by atoms with Crippen molar-refractivity contribution in [2.45, 2.75) is 26.5 Å². The molecular weight excluding hydrogens is 664 g/mol. The summed E-state index contributed by atoms with van der Waals surface area (Å²) in [4.78, 5) is 33.5. The number of ether oxygens (including phenoxy) is 5. The quantitative estimate of drug-likeness (QED) is 0.113. The van der Waals surface area contributed by atoms with Crippen molar-refractivity contribution < 1.29 is 28.5 Å². The Morgan fingerprint density at radius 2 is 1.76 bits per heavy atom. The zero-order chi connectivity index (χ0) is 34.5. The fourth-order valence-electron chi connectivity index (χ4n) is 5.80. The Labute approximate surface area is 292 Å². The Morgan fingerprint density at radius 3 is 2.51 bits per heavy atom. The highest BCUT2D eigenvalue weighted by Gasteiger charge is 2.36. The molecule has 1 atom stereocenters. The van der Waals surface area contributed by atoms with Crippen LogP contribution < -0.4 is 29.1 Å². The van der Waals surface area contributed by atoms with E-state index in [4.69, 9.17) is 40.3 Å². The minimum atomic E-state index is -0.904. The third kappa shape index (κ3) is 6.98. The average molecular weight is 699 g/mol. The first-order valence-corrected chi connectivity index (χ1v) is 16.9. The van der Waals surface area contributed by atoms with Gasteiger partial charge < -0.3 is 23.7 Å². The molecule has 0 saturated heterocycles. The van der Waals surface area contributed by atoms with Gasteiger partial charge in [0.2, 0.25) is 0 Å². The van der Waals surface area contributed by atoms with E-state index in [1.54, 1.807) is 26.2 Å². The summed E-state index contributed by atoms with van der Waals surface area (Å²) < 4.78 is 30.7. The Balaban J connectivity index is 1.54. The van der Waals surface area contributed by atoms with E-state index in [2.05, 4.69) is 0 Å². The number of fused-ring (bicyclic) bond motifs is 2. The van der Waals surface area contributed by atoms with Crippen LogP contribution in [-0.2, 0) is 20.9 Å². The number of rotatable bonds is 12. The van der Waals surface area contributed by atoms with Crippen LogP contribution >= 0.6 is 22.9 Å². The lowest BCUT2D eigenvalue weighted by Gasteiger charge is -2.27. The molecule has 0 N–H and O–H groups in total. The summed E-state index contributed by atoms with van der Waals surface area (Å²) >= 11 is 7.33. The molecule has 1 aliphatic heterocycles. The van der Waals surface area contributed by atoms with Crippen molar-refractivity contribution in [2.24, 2.45) is 4.99 Å². The third-order valence-electron chi connectivity index (χ3n) is 8.09. The standard InChI is InChI=1S/C38H35ClN2O7S/c1-5-46-35-28(11-8-12-31(35)45-4)34-33(37(43)47-20-19-44-3)23(2)40-38-41(34)36(42)32(49-38)21-29-27-10-7-6-9-25(27)15-18-30(29)48-22-24-13-16-26(39)17-14-24/h6-18,21,34H,5,19-20,22H2,1-4H3/b32-21+/t34-/m0/s1. The maximum atomic E-state index is 14.6. The second-order valence-corrected chi connectivity index (χ2v) is 12.6. The van der Waals surface area contributed by atoms with Crippen LogP contribution in [0.15, 0.2) is 99.9 Å². The maximum absolute atomic E-state index is 14.6. The average Bonchev–Trinajstić information content (AvgIpc) is 3.41. The first kappa shape index (κ1) is 34.0. The summed E-state index contributed by atoms with van der Waals surface area (Å²) in [5.74, 6) is 0.910. The molecule has 49 heavy (non-hydrogen) atoms. The van der Waals surface area contributed by atoms with Gasteiger partial charge in [-0.05, 0) is 60.5 Å². The van der Waals surface area contributed by atoms with E-state index in [1.165, 1.54) is 23.0 Å². The molecule has 0 unspecified atom stereocenters. The van der Waals surface area contributed by atoms with Gasteiger partial charge >= 0.3 is 5.97 Å². The Kier molecular flexibility index (Phi) is 10.5. The van der Waals surface area contributed by atoms with Crippen LogP contribution in [0.25, 0.3) is 16.8 Å². The molecular formula is C38H35ClN2O7S. The number of hydrogen-bond acceptors (Lipinski definition) is 9. The lowest BCUT2D eigenvalue weighted by atomic mass is 9.94. The van der Waals surface area contributed by atoms with Gasteiger partial charge in [0.05, 0.1) is 36.1 Å². The zero-order valence-electron chi connectivity index (χ0n) is 27.5. The number of halogens is 1. The van der Waals surface area contributed by atoms with E-state index < -0.39 is 12.0 Å². The van der Waals surface area contributed by atoms with Crippen LogP contribution in [0, 0.1) is 0 Å². The molecule has 11 heteroatoms. The zero-order valence-corrected chi connectivity index (χ0v) is 29.1. The van der Waals surface area contributed by atoms with Gasteiger partial charge in [0, 0.05) is 23.3 Å². The highest BCUT2D eigenvalue weighted by molar-refractivity contribution is 7.07. The van der Waals surface area contributed by atoms with Gasteiger partial charge in [-0.25, -0.2) is 9.79 Å². The number of methoxy groups -OCH3 is 2. The molecule has 1 aromatic heterocycles. The summed E-state index contributed by atoms with van der Waals surface area (Å²) in [7, 11) is 3.08. The van der Waals surface area contributed by atoms with E-state index in [-0.39, 0.29) is 24.3 Å². The lowest BCUT2D eigenvalue weighted by Crippen LogP contribution is -2.40. The van der Waals surface area contributed by atoms with Crippen LogP contribution in [0.3, 0.4) is 0 Å². The van der Waals surface area contributed by atoms with Gasteiger partial charge in [-0.2, -0.15) is 0 Å². The fraction of sp³-hybridized carbons (Fsp3) is 0.237. The number of benzene rings is 4. The molecule has 5 aromatic rings. The number of esters is 1. The summed E-state index contributed by atoms with van der Waals surface area (Å²) in [5, 5.41) is 2.56. The monoisotopic (exact) mass is 698 g/mol. The summed E-state index contributed by atoms with van der Waals surface area (Å²) in [6, 6.07) is 23.8. The lowest BCUT2D eigenvalue weighted by molar-refractivity contribution is -0.140. The van der Waals surface area contributed by atoms with Gasteiger partial charge in [-0.3, -0.25) is 9.36 Å². The normalized spacial score (nSPS) is 14.4. The van der Waals surface area contributed by atoms with Crippen LogP contribution in [0.1, 0.15) is 36.6 Å². The predicted octanol–water partition coefficient (Wildman–Crippen LogP) is 6.22. The molecule has 6 rings (SSSR count). The highest BCUT2D eigenvalue weighted by atomic mass is 35.5. The minimum absolute atomic E-state index is 0.0412.